The number of pyridine rings is 1. The summed E-state index contributed by atoms with van der Waals surface area (Å²) in [6, 6.07) is 6.49. The van der Waals surface area contributed by atoms with E-state index in [1.54, 1.807) is 24.4 Å². The molecule has 2 aromatic rings. The Bertz CT molecular complexity index is 581. The van der Waals surface area contributed by atoms with Gasteiger partial charge in [-0.3, -0.25) is 4.98 Å². The number of halogens is 4. The molecular formula is C14H12F4N2. The van der Waals surface area contributed by atoms with E-state index in [1.165, 1.54) is 0 Å². The van der Waals surface area contributed by atoms with Crippen LogP contribution >= 0.6 is 0 Å². The fourth-order valence-corrected chi connectivity index (χ4v) is 1.86. The molecule has 1 heterocycles. The molecule has 0 amide bonds. The van der Waals surface area contributed by atoms with Crippen molar-refractivity contribution in [2.45, 2.75) is 18.6 Å². The standard InChI is InChI=1S/C14H12F4N2/c15-12-5-4-9(14(16,17)18)7-11(12)13(19)8-10-3-1-2-6-20-10/h1-7,13H,8,19H2. The molecule has 0 bridgehead atoms. The van der Waals surface area contributed by atoms with Crippen LogP contribution in [0.2, 0.25) is 0 Å². The first kappa shape index (κ1) is 14.5. The molecule has 20 heavy (non-hydrogen) atoms. The van der Waals surface area contributed by atoms with Gasteiger partial charge in [-0.05, 0) is 30.3 Å². The molecule has 0 aliphatic rings. The van der Waals surface area contributed by atoms with Crippen molar-refractivity contribution in [2.75, 3.05) is 0 Å². The van der Waals surface area contributed by atoms with Crippen molar-refractivity contribution in [3.8, 4) is 0 Å². The fraction of sp³-hybridized carbons (Fsp3) is 0.214. The van der Waals surface area contributed by atoms with Gasteiger partial charge in [0.05, 0.1) is 5.56 Å². The van der Waals surface area contributed by atoms with Gasteiger partial charge in [0.25, 0.3) is 0 Å². The van der Waals surface area contributed by atoms with Gasteiger partial charge in [-0.1, -0.05) is 6.07 Å². The average Bonchev–Trinajstić information content (AvgIpc) is 2.39. The summed E-state index contributed by atoms with van der Waals surface area (Å²) >= 11 is 0. The first-order valence-electron chi connectivity index (χ1n) is 5.90. The molecule has 106 valence electrons. The van der Waals surface area contributed by atoms with Crippen LogP contribution in [0.15, 0.2) is 42.6 Å². The molecule has 0 aliphatic carbocycles. The minimum absolute atomic E-state index is 0.162. The van der Waals surface area contributed by atoms with E-state index in [0.717, 1.165) is 12.1 Å². The van der Waals surface area contributed by atoms with Crippen molar-refractivity contribution in [1.82, 2.24) is 4.98 Å². The van der Waals surface area contributed by atoms with Gasteiger partial charge >= 0.3 is 6.18 Å². The molecule has 0 radical (unpaired) electrons. The maximum Gasteiger partial charge on any atom is 0.416 e. The van der Waals surface area contributed by atoms with E-state index in [9.17, 15) is 17.6 Å². The zero-order valence-corrected chi connectivity index (χ0v) is 10.4. The van der Waals surface area contributed by atoms with Gasteiger partial charge in [0.1, 0.15) is 5.82 Å². The maximum absolute atomic E-state index is 13.6. The number of alkyl halides is 3. The van der Waals surface area contributed by atoms with Crippen molar-refractivity contribution in [3.63, 3.8) is 0 Å². The largest absolute Gasteiger partial charge is 0.416 e. The number of nitrogens with two attached hydrogens (primary N) is 1. The Labute approximate surface area is 113 Å². The summed E-state index contributed by atoms with van der Waals surface area (Å²) < 4.78 is 51.5. The number of hydrogen-bond donors (Lipinski definition) is 1. The van der Waals surface area contributed by atoms with E-state index in [2.05, 4.69) is 4.98 Å². The molecular weight excluding hydrogens is 272 g/mol. The SMILES string of the molecule is NC(Cc1ccccn1)c1cc(C(F)(F)F)ccc1F. The third kappa shape index (κ3) is 3.33. The van der Waals surface area contributed by atoms with Crippen LogP contribution in [-0.2, 0) is 12.6 Å². The summed E-state index contributed by atoms with van der Waals surface area (Å²) in [5.41, 5.74) is 5.31. The second-order valence-corrected chi connectivity index (χ2v) is 4.37. The first-order valence-corrected chi connectivity index (χ1v) is 5.90. The predicted octanol–water partition coefficient (Wildman–Crippen LogP) is 3.48. The normalized spacial score (nSPS) is 13.2. The van der Waals surface area contributed by atoms with Crippen LogP contribution in [0.25, 0.3) is 0 Å². The Morgan fingerprint density at radius 2 is 1.90 bits per heavy atom. The summed E-state index contributed by atoms with van der Waals surface area (Å²) in [7, 11) is 0. The fourth-order valence-electron chi connectivity index (χ4n) is 1.86. The Kier molecular flexibility index (Phi) is 4.04. The summed E-state index contributed by atoms with van der Waals surface area (Å²) in [6.07, 6.45) is -2.81. The molecule has 6 heteroatoms. The maximum atomic E-state index is 13.6. The summed E-state index contributed by atoms with van der Waals surface area (Å²) in [5, 5.41) is 0. The second kappa shape index (κ2) is 5.58. The number of aromatic nitrogens is 1. The smallest absolute Gasteiger partial charge is 0.324 e. The minimum Gasteiger partial charge on any atom is -0.324 e. The van der Waals surface area contributed by atoms with Crippen LogP contribution < -0.4 is 5.73 Å². The lowest BCUT2D eigenvalue weighted by molar-refractivity contribution is -0.137. The van der Waals surface area contributed by atoms with Crippen molar-refractivity contribution in [3.05, 3.63) is 65.2 Å². The monoisotopic (exact) mass is 284 g/mol. The molecule has 1 atom stereocenters. The van der Waals surface area contributed by atoms with Gasteiger partial charge in [0.15, 0.2) is 0 Å². The summed E-state index contributed by atoms with van der Waals surface area (Å²) in [4.78, 5) is 4.02. The highest BCUT2D eigenvalue weighted by Gasteiger charge is 2.31. The lowest BCUT2D eigenvalue weighted by atomic mass is 9.99. The number of nitrogens with zero attached hydrogens (tertiary/aromatic N) is 1. The topological polar surface area (TPSA) is 38.9 Å². The molecule has 1 unspecified atom stereocenters. The molecule has 0 spiro atoms. The van der Waals surface area contributed by atoms with E-state index in [1.807, 2.05) is 0 Å². The molecule has 2 N–H and O–H groups in total. The van der Waals surface area contributed by atoms with Crippen molar-refractivity contribution < 1.29 is 17.6 Å². The number of hydrogen-bond acceptors (Lipinski definition) is 2. The van der Waals surface area contributed by atoms with E-state index >= 15 is 0 Å². The van der Waals surface area contributed by atoms with E-state index in [-0.39, 0.29) is 12.0 Å². The lowest BCUT2D eigenvalue weighted by Crippen LogP contribution is -2.17. The highest BCUT2D eigenvalue weighted by atomic mass is 19.4. The molecule has 1 aromatic carbocycles. The van der Waals surface area contributed by atoms with E-state index in [4.69, 9.17) is 5.73 Å². The van der Waals surface area contributed by atoms with Gasteiger partial charge in [-0.25, -0.2) is 4.39 Å². The Morgan fingerprint density at radius 3 is 2.50 bits per heavy atom. The first-order chi connectivity index (χ1) is 9.38. The molecule has 2 nitrogen and oxygen atoms in total. The van der Waals surface area contributed by atoms with Crippen LogP contribution in [0.4, 0.5) is 17.6 Å². The Hall–Kier alpha value is -1.95. The molecule has 0 saturated carbocycles. The van der Waals surface area contributed by atoms with E-state index < -0.39 is 23.6 Å². The quantitative estimate of drug-likeness (QED) is 0.876. The second-order valence-electron chi connectivity index (χ2n) is 4.37. The summed E-state index contributed by atoms with van der Waals surface area (Å²) in [5.74, 6) is -0.749. The predicted molar refractivity (Wildman–Crippen MR) is 66.3 cm³/mol. The third-order valence-electron chi connectivity index (χ3n) is 2.88. The van der Waals surface area contributed by atoms with Crippen molar-refractivity contribution >= 4 is 0 Å². The average molecular weight is 284 g/mol. The van der Waals surface area contributed by atoms with Gasteiger partial charge in [0, 0.05) is 29.9 Å². The van der Waals surface area contributed by atoms with Crippen LogP contribution in [0.1, 0.15) is 22.9 Å². The molecule has 0 fully saturated rings. The van der Waals surface area contributed by atoms with Crippen molar-refractivity contribution in [2.24, 2.45) is 5.73 Å². The van der Waals surface area contributed by atoms with Gasteiger partial charge < -0.3 is 5.73 Å². The number of rotatable bonds is 3. The Morgan fingerprint density at radius 1 is 1.15 bits per heavy atom. The minimum atomic E-state index is -4.52. The third-order valence-corrected chi connectivity index (χ3v) is 2.88. The van der Waals surface area contributed by atoms with Crippen LogP contribution in [0.5, 0.6) is 0 Å². The van der Waals surface area contributed by atoms with Crippen LogP contribution in [0.3, 0.4) is 0 Å². The molecule has 0 saturated heterocycles. The summed E-state index contributed by atoms with van der Waals surface area (Å²) in [6.45, 7) is 0. The zero-order chi connectivity index (χ0) is 14.8. The van der Waals surface area contributed by atoms with Gasteiger partial charge in [-0.2, -0.15) is 13.2 Å². The highest BCUT2D eigenvalue weighted by molar-refractivity contribution is 5.30. The Balaban J connectivity index is 2.27. The van der Waals surface area contributed by atoms with Crippen LogP contribution in [-0.4, -0.2) is 4.98 Å². The van der Waals surface area contributed by atoms with E-state index in [0.29, 0.717) is 11.8 Å². The van der Waals surface area contributed by atoms with Gasteiger partial charge in [-0.15, -0.1) is 0 Å². The lowest BCUT2D eigenvalue weighted by Gasteiger charge is -2.15. The van der Waals surface area contributed by atoms with Crippen LogP contribution in [0, 0.1) is 5.82 Å². The molecule has 0 aliphatic heterocycles. The number of benzene rings is 1. The highest BCUT2D eigenvalue weighted by Crippen LogP contribution is 2.31. The molecule has 1 aromatic heterocycles. The van der Waals surface area contributed by atoms with Gasteiger partial charge in [0.2, 0.25) is 0 Å². The molecule has 2 rings (SSSR count). The van der Waals surface area contributed by atoms with Crippen molar-refractivity contribution in [1.29, 1.82) is 0 Å². The zero-order valence-electron chi connectivity index (χ0n) is 10.4.